The predicted molar refractivity (Wildman–Crippen MR) is 108 cm³/mol. The fourth-order valence-electron chi connectivity index (χ4n) is 2.61. The molecule has 10 radical (unpaired) electrons. The van der Waals surface area contributed by atoms with Crippen LogP contribution in [0.15, 0.2) is 41.0 Å². The molecule has 2 aliphatic carbocycles. The van der Waals surface area contributed by atoms with Crippen LogP contribution in [0.25, 0.3) is 0 Å². The van der Waals surface area contributed by atoms with E-state index in [1.165, 1.54) is 4.90 Å². The molecule has 1 aromatic rings. The third kappa shape index (κ3) is 5.96. The minimum Gasteiger partial charge on any atom is -0.465 e. The van der Waals surface area contributed by atoms with E-state index in [4.69, 9.17) is 4.74 Å². The van der Waals surface area contributed by atoms with Crippen LogP contribution >= 0.6 is 0 Å². The number of carbonyl (C=O) groups excluding carboxylic acids is 1. The predicted octanol–water partition coefficient (Wildman–Crippen LogP) is 4.04. The summed E-state index contributed by atoms with van der Waals surface area (Å²) in [6.07, 6.45) is 19.5. The van der Waals surface area contributed by atoms with Crippen LogP contribution in [0.4, 0.5) is 5.69 Å². The van der Waals surface area contributed by atoms with Crippen LogP contribution in [-0.2, 0) is 26.6 Å². The second-order valence-electron chi connectivity index (χ2n) is 6.01. The van der Waals surface area contributed by atoms with Crippen LogP contribution < -0.4 is 4.90 Å². The first-order valence-electron chi connectivity index (χ1n) is 8.91. The van der Waals surface area contributed by atoms with Crippen molar-refractivity contribution in [3.63, 3.8) is 0 Å². The smallest absolute Gasteiger partial charge is 0.465 e. The molecule has 142 valence electrons. The summed E-state index contributed by atoms with van der Waals surface area (Å²) in [5.41, 5.74) is 2.28. The SMILES string of the molecule is CCOC1=N/C(=C\[C]2[CH][CH][CH][CH]2)C(=O)N1c1ccc(C)cc1.[CH]1[CH][CH][CH][CH]1.[Fe+2]. The average molecular weight is 414 g/mol. The van der Waals surface area contributed by atoms with Gasteiger partial charge in [0.2, 0.25) is 0 Å². The van der Waals surface area contributed by atoms with Gasteiger partial charge in [0.15, 0.2) is 0 Å². The fourth-order valence-corrected chi connectivity index (χ4v) is 2.61. The summed E-state index contributed by atoms with van der Waals surface area (Å²) in [5, 5.41) is 0. The van der Waals surface area contributed by atoms with Crippen molar-refractivity contribution in [2.24, 2.45) is 4.99 Å². The number of nitrogens with zero attached hydrogens (tertiary/aromatic N) is 2. The van der Waals surface area contributed by atoms with Gasteiger partial charge in [-0.1, -0.05) is 17.7 Å². The number of anilines is 1. The molecule has 1 amide bonds. The van der Waals surface area contributed by atoms with Gasteiger partial charge in [-0.3, -0.25) is 4.79 Å². The van der Waals surface area contributed by atoms with Crippen molar-refractivity contribution < 1.29 is 26.6 Å². The third-order valence-electron chi connectivity index (χ3n) is 3.94. The Morgan fingerprint density at radius 3 is 2.07 bits per heavy atom. The molecule has 1 heterocycles. The van der Waals surface area contributed by atoms with Gasteiger partial charge in [-0.15, -0.1) is 0 Å². The number of amidine groups is 1. The van der Waals surface area contributed by atoms with Crippen molar-refractivity contribution in [3.05, 3.63) is 105 Å². The Balaban J connectivity index is 0.000000408. The standard InChI is InChI=1S/C18H17N2O2.C5H5.Fe/c1-3-22-18-19-16(12-14-6-4-5-7-14)17(21)20(18)15-10-8-13(2)9-11-15;1-2-4-5-3-1;/h4-12H,3H2,1-2H3;1-5H;/q;;+2/b16-12-;;. The van der Waals surface area contributed by atoms with Crippen LogP contribution in [0.3, 0.4) is 0 Å². The van der Waals surface area contributed by atoms with Gasteiger partial charge < -0.3 is 4.74 Å². The van der Waals surface area contributed by atoms with E-state index < -0.39 is 0 Å². The molecule has 0 aromatic heterocycles. The molecule has 28 heavy (non-hydrogen) atoms. The minimum atomic E-state index is -0.173. The van der Waals surface area contributed by atoms with Gasteiger partial charge in [-0.25, -0.2) is 4.90 Å². The van der Waals surface area contributed by atoms with E-state index in [2.05, 4.69) is 4.99 Å². The quantitative estimate of drug-likeness (QED) is 0.554. The normalized spacial score (nSPS) is 20.6. The van der Waals surface area contributed by atoms with Crippen LogP contribution in [0.1, 0.15) is 12.5 Å². The maximum Gasteiger partial charge on any atom is 2.00 e. The van der Waals surface area contributed by atoms with Crippen LogP contribution in [0.2, 0.25) is 0 Å². The van der Waals surface area contributed by atoms with E-state index in [-0.39, 0.29) is 23.0 Å². The van der Waals surface area contributed by atoms with Crippen LogP contribution in [-0.4, -0.2) is 18.5 Å². The summed E-state index contributed by atoms with van der Waals surface area (Å²) in [6, 6.07) is 8.05. The van der Waals surface area contributed by atoms with Crippen LogP contribution in [0, 0.1) is 70.6 Å². The number of carbonyl (C=O) groups is 1. The Labute approximate surface area is 179 Å². The summed E-state index contributed by atoms with van der Waals surface area (Å²) in [4.78, 5) is 18.5. The molecule has 1 aromatic carbocycles. The van der Waals surface area contributed by atoms with Gasteiger partial charge in [-0.05, 0) is 89.8 Å². The van der Waals surface area contributed by atoms with Crippen molar-refractivity contribution in [3.8, 4) is 0 Å². The minimum absolute atomic E-state index is 0. The number of benzene rings is 1. The van der Waals surface area contributed by atoms with E-state index >= 15 is 0 Å². The maximum absolute atomic E-state index is 12.7. The summed E-state index contributed by atoms with van der Waals surface area (Å²) in [5.74, 6) is 0.780. The number of aryl methyl sites for hydroxylation is 1. The first-order valence-corrected chi connectivity index (χ1v) is 8.91. The van der Waals surface area contributed by atoms with E-state index in [9.17, 15) is 4.79 Å². The van der Waals surface area contributed by atoms with E-state index in [0.29, 0.717) is 18.3 Å². The Hall–Kier alpha value is -1.58. The fraction of sp³-hybridized carbons (Fsp3) is 0.130. The molecule has 0 saturated heterocycles. The Morgan fingerprint density at radius 1 is 0.964 bits per heavy atom. The molecular weight excluding hydrogens is 392 g/mol. The van der Waals surface area contributed by atoms with E-state index in [0.717, 1.165) is 17.2 Å². The molecule has 2 fully saturated rings. The monoisotopic (exact) mass is 414 g/mol. The number of aliphatic imine (C=N–C) groups is 1. The maximum atomic E-state index is 12.7. The number of amides is 1. The summed E-state index contributed by atoms with van der Waals surface area (Å²) >= 11 is 0. The number of rotatable bonds is 3. The summed E-state index contributed by atoms with van der Waals surface area (Å²) < 4.78 is 5.53. The van der Waals surface area contributed by atoms with Gasteiger partial charge in [0, 0.05) is 5.92 Å². The number of ether oxygens (including phenoxy) is 1. The van der Waals surface area contributed by atoms with Crippen molar-refractivity contribution >= 4 is 17.6 Å². The van der Waals surface area contributed by atoms with Gasteiger partial charge in [0.1, 0.15) is 5.70 Å². The van der Waals surface area contributed by atoms with Gasteiger partial charge >= 0.3 is 23.1 Å². The second kappa shape index (κ2) is 11.4. The molecular formula is C23H22FeN2O2+2. The van der Waals surface area contributed by atoms with Crippen LogP contribution in [0.5, 0.6) is 0 Å². The topological polar surface area (TPSA) is 41.9 Å². The number of hydrogen-bond donors (Lipinski definition) is 0. The largest absolute Gasteiger partial charge is 2.00 e. The molecule has 2 saturated carbocycles. The Bertz CT molecular complexity index is 679. The molecule has 0 N–H and O–H groups in total. The summed E-state index contributed by atoms with van der Waals surface area (Å²) in [7, 11) is 0. The number of allylic oxidation sites excluding steroid dienone is 1. The van der Waals surface area contributed by atoms with E-state index in [1.54, 1.807) is 6.08 Å². The zero-order chi connectivity index (χ0) is 19.1. The zero-order valence-electron chi connectivity index (χ0n) is 15.9. The average Bonchev–Trinajstić information content (AvgIpc) is 3.43. The zero-order valence-corrected chi connectivity index (χ0v) is 17.0. The second-order valence-corrected chi connectivity index (χ2v) is 6.01. The molecule has 5 heteroatoms. The first-order chi connectivity index (χ1) is 13.2. The van der Waals surface area contributed by atoms with Crippen molar-refractivity contribution in [2.45, 2.75) is 13.8 Å². The molecule has 0 spiro atoms. The number of hydrogen-bond acceptors (Lipinski definition) is 3. The van der Waals surface area contributed by atoms with Crippen molar-refractivity contribution in [1.82, 2.24) is 0 Å². The van der Waals surface area contributed by atoms with Crippen molar-refractivity contribution in [1.29, 1.82) is 0 Å². The molecule has 4 nitrogen and oxygen atoms in total. The molecule has 4 rings (SSSR count). The Kier molecular flexibility index (Phi) is 9.27. The van der Waals surface area contributed by atoms with Gasteiger partial charge in [0.05, 0.1) is 12.3 Å². The molecule has 0 unspecified atom stereocenters. The third-order valence-corrected chi connectivity index (χ3v) is 3.94. The first kappa shape index (κ1) is 22.7. The Morgan fingerprint density at radius 2 is 1.54 bits per heavy atom. The molecule has 1 aliphatic heterocycles. The van der Waals surface area contributed by atoms with E-state index in [1.807, 2.05) is 95.9 Å². The molecule has 0 bridgehead atoms. The molecule has 0 atom stereocenters. The van der Waals surface area contributed by atoms with Crippen molar-refractivity contribution in [2.75, 3.05) is 11.5 Å². The summed E-state index contributed by atoms with van der Waals surface area (Å²) in [6.45, 7) is 4.34. The molecule has 3 aliphatic rings. The van der Waals surface area contributed by atoms with Gasteiger partial charge in [-0.2, -0.15) is 4.99 Å². The van der Waals surface area contributed by atoms with Gasteiger partial charge in [0.25, 0.3) is 5.91 Å².